The first-order chi connectivity index (χ1) is 10.6. The molecule has 2 unspecified atom stereocenters. The van der Waals surface area contributed by atoms with Crippen molar-refractivity contribution >= 4 is 16.9 Å². The summed E-state index contributed by atoms with van der Waals surface area (Å²) in [6.07, 6.45) is 1.77. The molecule has 1 saturated carbocycles. The van der Waals surface area contributed by atoms with Gasteiger partial charge in [-0.3, -0.25) is 4.79 Å². The molecule has 22 heavy (non-hydrogen) atoms. The van der Waals surface area contributed by atoms with Gasteiger partial charge < -0.3 is 13.9 Å². The van der Waals surface area contributed by atoms with E-state index in [0.717, 1.165) is 30.4 Å². The van der Waals surface area contributed by atoms with Gasteiger partial charge in [0.05, 0.1) is 12.5 Å². The van der Waals surface area contributed by atoms with Crippen LogP contribution in [0, 0.1) is 18.3 Å². The van der Waals surface area contributed by atoms with Crippen LogP contribution in [0.25, 0.3) is 11.0 Å². The van der Waals surface area contributed by atoms with Gasteiger partial charge in [-0.15, -0.1) is 0 Å². The zero-order chi connectivity index (χ0) is 15.3. The summed E-state index contributed by atoms with van der Waals surface area (Å²) >= 11 is 0. The Kier molecular flexibility index (Phi) is 2.87. The molecule has 1 saturated heterocycles. The predicted octanol–water partition coefficient (Wildman–Crippen LogP) is 2.43. The van der Waals surface area contributed by atoms with E-state index >= 15 is 0 Å². The highest BCUT2D eigenvalue weighted by Crippen LogP contribution is 2.58. The summed E-state index contributed by atoms with van der Waals surface area (Å²) < 4.78 is 16.0. The van der Waals surface area contributed by atoms with E-state index in [2.05, 4.69) is 0 Å². The molecule has 0 N–H and O–H groups in total. The zero-order valence-electron chi connectivity index (χ0n) is 12.3. The third kappa shape index (κ3) is 2.13. The lowest BCUT2D eigenvalue weighted by atomic mass is 10.0. The number of rotatable bonds is 2. The fourth-order valence-electron chi connectivity index (χ4n) is 3.30. The molecule has 1 aromatic heterocycles. The van der Waals surface area contributed by atoms with Crippen molar-refractivity contribution in [2.24, 2.45) is 11.3 Å². The predicted molar refractivity (Wildman–Crippen MR) is 78.8 cm³/mol. The van der Waals surface area contributed by atoms with Crippen LogP contribution in [-0.2, 0) is 9.53 Å². The van der Waals surface area contributed by atoms with Gasteiger partial charge in [0.1, 0.15) is 11.3 Å². The number of carbonyl (C=O) groups is 1. The fourth-order valence-corrected chi connectivity index (χ4v) is 3.30. The Hall–Kier alpha value is -2.14. The number of benzene rings is 1. The van der Waals surface area contributed by atoms with Crippen molar-refractivity contribution in [2.45, 2.75) is 19.8 Å². The Labute approximate surface area is 126 Å². The van der Waals surface area contributed by atoms with Gasteiger partial charge >= 0.3 is 11.6 Å². The Balaban J connectivity index is 1.57. The maximum atomic E-state index is 12.2. The second-order valence-corrected chi connectivity index (χ2v) is 6.25. The molecule has 5 heteroatoms. The molecule has 2 aliphatic rings. The molecule has 2 fully saturated rings. The molecule has 5 nitrogen and oxygen atoms in total. The van der Waals surface area contributed by atoms with Crippen LogP contribution in [0.1, 0.15) is 18.4 Å². The van der Waals surface area contributed by atoms with Gasteiger partial charge in [-0.2, -0.15) is 0 Å². The maximum absolute atomic E-state index is 12.2. The van der Waals surface area contributed by atoms with Gasteiger partial charge in [0.2, 0.25) is 0 Å². The summed E-state index contributed by atoms with van der Waals surface area (Å²) in [5.41, 5.74) is 0.882. The normalized spacial score (nSPS) is 26.5. The largest absolute Gasteiger partial charge is 0.426 e. The molecule has 1 aromatic carbocycles. The molecule has 114 valence electrons. The van der Waals surface area contributed by atoms with Crippen molar-refractivity contribution in [3.8, 4) is 5.75 Å². The molecule has 4 rings (SSSR count). The second-order valence-electron chi connectivity index (χ2n) is 6.25. The molecule has 1 aliphatic carbocycles. The monoisotopic (exact) mass is 300 g/mol. The smallest absolute Gasteiger partial charge is 0.336 e. The Morgan fingerprint density at radius 3 is 3.00 bits per heavy atom. The number of hydrogen-bond donors (Lipinski definition) is 0. The van der Waals surface area contributed by atoms with Crippen molar-refractivity contribution in [1.29, 1.82) is 0 Å². The number of esters is 1. The van der Waals surface area contributed by atoms with E-state index in [9.17, 15) is 9.59 Å². The first-order valence-corrected chi connectivity index (χ1v) is 7.41. The molecule has 0 bridgehead atoms. The highest BCUT2D eigenvalue weighted by molar-refractivity contribution is 5.84. The summed E-state index contributed by atoms with van der Waals surface area (Å²) in [5, 5.41) is 0.839. The summed E-state index contributed by atoms with van der Waals surface area (Å²) in [6.45, 7) is 3.22. The van der Waals surface area contributed by atoms with Gasteiger partial charge in [0, 0.05) is 29.5 Å². The molecule has 1 spiro atoms. The zero-order valence-corrected chi connectivity index (χ0v) is 12.3. The van der Waals surface area contributed by atoms with Crippen LogP contribution in [0.2, 0.25) is 0 Å². The minimum Gasteiger partial charge on any atom is -0.426 e. The molecule has 2 atom stereocenters. The third-order valence-corrected chi connectivity index (χ3v) is 4.75. The average Bonchev–Trinajstić information content (AvgIpc) is 2.96. The Morgan fingerprint density at radius 2 is 2.23 bits per heavy atom. The SMILES string of the molecule is Cc1cc(=O)oc2cc(OC(=O)C3CC34CCOC4)ccc12. The minimum absolute atomic E-state index is 0.0110. The van der Waals surface area contributed by atoms with E-state index in [1.807, 2.05) is 6.92 Å². The third-order valence-electron chi connectivity index (χ3n) is 4.75. The molecule has 2 heterocycles. The molecular formula is C17H16O5. The van der Waals surface area contributed by atoms with Crippen LogP contribution >= 0.6 is 0 Å². The van der Waals surface area contributed by atoms with E-state index < -0.39 is 5.63 Å². The van der Waals surface area contributed by atoms with Gasteiger partial charge in [0.15, 0.2) is 0 Å². The van der Waals surface area contributed by atoms with Crippen LogP contribution < -0.4 is 10.4 Å². The second kappa shape index (κ2) is 4.68. The summed E-state index contributed by atoms with van der Waals surface area (Å²) in [6, 6.07) is 6.58. The minimum atomic E-state index is -0.405. The van der Waals surface area contributed by atoms with E-state index in [4.69, 9.17) is 13.9 Å². The topological polar surface area (TPSA) is 65.7 Å². The standard InChI is InChI=1S/C17H16O5/c1-10-6-15(18)22-14-7-11(2-3-12(10)14)21-16(19)13-8-17(13)4-5-20-9-17/h2-3,6-7,13H,4-5,8-9H2,1H3. The summed E-state index contributed by atoms with van der Waals surface area (Å²) in [7, 11) is 0. The number of aryl methyl sites for hydroxylation is 1. The molecule has 1 aliphatic heterocycles. The van der Waals surface area contributed by atoms with Gasteiger partial charge in [-0.25, -0.2) is 4.79 Å². The van der Waals surface area contributed by atoms with Crippen molar-refractivity contribution in [2.75, 3.05) is 13.2 Å². The summed E-state index contributed by atoms with van der Waals surface area (Å²) in [4.78, 5) is 23.7. The highest BCUT2D eigenvalue weighted by atomic mass is 16.5. The Bertz CT molecular complexity index is 813. The van der Waals surface area contributed by atoms with E-state index in [0.29, 0.717) is 17.9 Å². The highest BCUT2D eigenvalue weighted by Gasteiger charge is 2.60. The number of hydrogen-bond acceptors (Lipinski definition) is 5. The van der Waals surface area contributed by atoms with E-state index in [1.54, 1.807) is 18.2 Å². The molecule has 2 aromatic rings. The lowest BCUT2D eigenvalue weighted by molar-refractivity contribution is -0.136. The summed E-state index contributed by atoms with van der Waals surface area (Å²) in [5.74, 6) is 0.113. The average molecular weight is 300 g/mol. The first kappa shape index (κ1) is 13.5. The van der Waals surface area contributed by atoms with Crippen LogP contribution in [0.3, 0.4) is 0 Å². The van der Waals surface area contributed by atoms with Gasteiger partial charge in [0.25, 0.3) is 0 Å². The van der Waals surface area contributed by atoms with Crippen molar-refractivity contribution in [3.63, 3.8) is 0 Å². The van der Waals surface area contributed by atoms with Crippen LogP contribution in [0.15, 0.2) is 33.5 Å². The molecule has 0 radical (unpaired) electrons. The lowest BCUT2D eigenvalue weighted by Gasteiger charge is -2.08. The van der Waals surface area contributed by atoms with Crippen molar-refractivity contribution in [1.82, 2.24) is 0 Å². The van der Waals surface area contributed by atoms with Gasteiger partial charge in [-0.05, 0) is 37.5 Å². The molecular weight excluding hydrogens is 284 g/mol. The van der Waals surface area contributed by atoms with E-state index in [-0.39, 0.29) is 17.3 Å². The Morgan fingerprint density at radius 1 is 1.36 bits per heavy atom. The van der Waals surface area contributed by atoms with Gasteiger partial charge in [-0.1, -0.05) is 0 Å². The van der Waals surface area contributed by atoms with Crippen LogP contribution in [0.4, 0.5) is 0 Å². The first-order valence-electron chi connectivity index (χ1n) is 7.41. The van der Waals surface area contributed by atoms with Crippen molar-refractivity contribution in [3.05, 3.63) is 40.2 Å². The molecule has 0 amide bonds. The van der Waals surface area contributed by atoms with Crippen LogP contribution in [0.5, 0.6) is 5.75 Å². The maximum Gasteiger partial charge on any atom is 0.336 e. The van der Waals surface area contributed by atoms with E-state index in [1.165, 1.54) is 6.07 Å². The number of ether oxygens (including phenoxy) is 2. The lowest BCUT2D eigenvalue weighted by Crippen LogP contribution is -2.16. The quantitative estimate of drug-likeness (QED) is 0.484. The number of carbonyl (C=O) groups excluding carboxylic acids is 1. The van der Waals surface area contributed by atoms with Crippen molar-refractivity contribution < 1.29 is 18.7 Å². The van der Waals surface area contributed by atoms with Crippen LogP contribution in [-0.4, -0.2) is 19.2 Å². The fraction of sp³-hybridized carbons (Fsp3) is 0.412. The number of fused-ring (bicyclic) bond motifs is 1.